The molecule has 0 saturated heterocycles. The van der Waals surface area contributed by atoms with Gasteiger partial charge in [0.2, 0.25) is 0 Å². The number of carbonyl (C=O) groups excluding carboxylic acids is 1. The molecule has 0 aliphatic heterocycles. The predicted octanol–water partition coefficient (Wildman–Crippen LogP) is 4.14. The molecule has 0 amide bonds. The van der Waals surface area contributed by atoms with Gasteiger partial charge in [-0.3, -0.25) is 4.79 Å². The number of rotatable bonds is 3. The minimum atomic E-state index is -0.645. The minimum Gasteiger partial charge on any atom is -0.451 e. The number of nitrogens with one attached hydrogen (secondary N) is 1. The number of ether oxygens (including phenoxy) is 1. The van der Waals surface area contributed by atoms with E-state index in [1.165, 1.54) is 11.3 Å². The summed E-state index contributed by atoms with van der Waals surface area (Å²) >= 11 is 1.47. The molecular formula is C19H20N2O3S. The molecule has 25 heavy (non-hydrogen) atoms. The van der Waals surface area contributed by atoms with Gasteiger partial charge in [0.15, 0.2) is 11.9 Å². The van der Waals surface area contributed by atoms with Gasteiger partial charge in [0, 0.05) is 4.88 Å². The normalized spacial score (nSPS) is 12.4. The van der Waals surface area contributed by atoms with E-state index in [0.29, 0.717) is 21.6 Å². The summed E-state index contributed by atoms with van der Waals surface area (Å²) < 4.78 is 5.52. The molecule has 3 aromatic rings. The van der Waals surface area contributed by atoms with Crippen LogP contribution in [-0.2, 0) is 4.74 Å². The fourth-order valence-corrected chi connectivity index (χ4v) is 3.82. The molecule has 0 aliphatic carbocycles. The van der Waals surface area contributed by atoms with Crippen molar-refractivity contribution in [3.63, 3.8) is 0 Å². The van der Waals surface area contributed by atoms with Gasteiger partial charge in [-0.05, 0) is 51.8 Å². The van der Waals surface area contributed by atoms with Gasteiger partial charge in [-0.25, -0.2) is 9.78 Å². The molecule has 0 radical (unpaired) electrons. The first-order valence-corrected chi connectivity index (χ1v) is 8.87. The zero-order valence-corrected chi connectivity index (χ0v) is 15.7. The maximum absolute atomic E-state index is 12.4. The molecule has 1 N–H and O–H groups in total. The number of carbonyl (C=O) groups is 1. The van der Waals surface area contributed by atoms with Gasteiger partial charge in [-0.15, -0.1) is 11.3 Å². The highest BCUT2D eigenvalue weighted by Crippen LogP contribution is 2.27. The molecule has 5 nitrogen and oxygen atoms in total. The van der Waals surface area contributed by atoms with Crippen molar-refractivity contribution >= 4 is 27.5 Å². The smallest absolute Gasteiger partial charge is 0.339 e. The van der Waals surface area contributed by atoms with E-state index >= 15 is 0 Å². The number of thiophene rings is 1. The minimum absolute atomic E-state index is 0.198. The van der Waals surface area contributed by atoms with Crippen LogP contribution in [0.15, 0.2) is 23.0 Å². The molecule has 2 aromatic heterocycles. The van der Waals surface area contributed by atoms with Gasteiger partial charge in [-0.2, -0.15) is 0 Å². The molecule has 0 fully saturated rings. The molecule has 1 aromatic carbocycles. The Morgan fingerprint density at radius 2 is 1.96 bits per heavy atom. The number of nitrogens with zero attached hydrogens (tertiary/aromatic N) is 1. The van der Waals surface area contributed by atoms with Crippen LogP contribution in [0.2, 0.25) is 0 Å². The Balaban J connectivity index is 1.90. The number of aryl methyl sites for hydroxylation is 4. The third-order valence-electron chi connectivity index (χ3n) is 4.33. The molecule has 6 heteroatoms. The SMILES string of the molecule is Cc1ccc(C(=O)OC(C)c2nc3sc(C)c(C)c3c(=O)[nH]2)c(C)c1. The number of fused-ring (bicyclic) bond motifs is 1. The Hall–Kier alpha value is -2.47. The first kappa shape index (κ1) is 17.4. The van der Waals surface area contributed by atoms with Crippen LogP contribution in [0.25, 0.3) is 10.2 Å². The van der Waals surface area contributed by atoms with Gasteiger partial charge in [0.1, 0.15) is 4.83 Å². The summed E-state index contributed by atoms with van der Waals surface area (Å²) in [5.74, 6) is -0.0665. The number of aromatic nitrogens is 2. The summed E-state index contributed by atoms with van der Waals surface area (Å²) in [6.07, 6.45) is -0.645. The summed E-state index contributed by atoms with van der Waals surface area (Å²) in [7, 11) is 0. The number of benzene rings is 1. The Bertz CT molecular complexity index is 1030. The van der Waals surface area contributed by atoms with Crippen LogP contribution in [-0.4, -0.2) is 15.9 Å². The van der Waals surface area contributed by atoms with Crippen molar-refractivity contribution in [2.24, 2.45) is 0 Å². The standard InChI is InChI=1S/C19H20N2O3S/c1-9-6-7-14(10(2)8-9)19(23)24-12(4)16-20-17(22)15-11(3)13(5)25-18(15)21-16/h6-8,12H,1-5H3,(H,20,21,22). The second-order valence-electron chi connectivity index (χ2n) is 6.28. The fourth-order valence-electron chi connectivity index (χ4n) is 2.79. The highest BCUT2D eigenvalue weighted by molar-refractivity contribution is 7.18. The molecule has 3 rings (SSSR count). The van der Waals surface area contributed by atoms with Crippen LogP contribution in [0, 0.1) is 27.7 Å². The molecule has 1 atom stereocenters. The van der Waals surface area contributed by atoms with Crippen LogP contribution < -0.4 is 5.56 Å². The molecular weight excluding hydrogens is 336 g/mol. The van der Waals surface area contributed by atoms with Crippen molar-refractivity contribution in [3.05, 3.63) is 61.5 Å². The summed E-state index contributed by atoms with van der Waals surface area (Å²) in [5.41, 5.74) is 3.21. The molecule has 0 spiro atoms. The van der Waals surface area contributed by atoms with Crippen LogP contribution >= 0.6 is 11.3 Å². The lowest BCUT2D eigenvalue weighted by molar-refractivity contribution is 0.0319. The van der Waals surface area contributed by atoms with E-state index in [1.807, 2.05) is 39.8 Å². The third-order valence-corrected chi connectivity index (χ3v) is 5.43. The molecule has 0 aliphatic rings. The van der Waals surface area contributed by atoms with E-state index in [-0.39, 0.29) is 5.56 Å². The maximum atomic E-state index is 12.4. The number of esters is 1. The van der Waals surface area contributed by atoms with Crippen molar-refractivity contribution < 1.29 is 9.53 Å². The summed E-state index contributed by atoms with van der Waals surface area (Å²) in [6, 6.07) is 5.56. The van der Waals surface area contributed by atoms with Crippen LogP contribution in [0.4, 0.5) is 0 Å². The van der Waals surface area contributed by atoms with Crippen molar-refractivity contribution in [3.8, 4) is 0 Å². The van der Waals surface area contributed by atoms with E-state index in [0.717, 1.165) is 21.6 Å². The van der Waals surface area contributed by atoms with Gasteiger partial charge in [-0.1, -0.05) is 17.7 Å². The lowest BCUT2D eigenvalue weighted by Gasteiger charge is -2.14. The van der Waals surface area contributed by atoms with Crippen molar-refractivity contribution in [2.75, 3.05) is 0 Å². The van der Waals surface area contributed by atoms with Crippen molar-refractivity contribution in [2.45, 2.75) is 40.7 Å². The first-order valence-electron chi connectivity index (χ1n) is 8.06. The first-order chi connectivity index (χ1) is 11.8. The molecule has 0 bridgehead atoms. The second kappa shape index (κ2) is 6.44. The van der Waals surface area contributed by atoms with Crippen molar-refractivity contribution in [1.29, 1.82) is 0 Å². The number of H-pyrrole nitrogens is 1. The average molecular weight is 356 g/mol. The van der Waals surface area contributed by atoms with Crippen LogP contribution in [0.3, 0.4) is 0 Å². The Morgan fingerprint density at radius 1 is 1.24 bits per heavy atom. The van der Waals surface area contributed by atoms with Gasteiger partial charge in [0.25, 0.3) is 5.56 Å². The summed E-state index contributed by atoms with van der Waals surface area (Å²) in [6.45, 7) is 9.43. The predicted molar refractivity (Wildman–Crippen MR) is 99.5 cm³/mol. The average Bonchev–Trinajstić information content (AvgIpc) is 2.82. The highest BCUT2D eigenvalue weighted by atomic mass is 32.1. The lowest BCUT2D eigenvalue weighted by Crippen LogP contribution is -2.17. The number of aromatic amines is 1. The van der Waals surface area contributed by atoms with E-state index in [1.54, 1.807) is 13.0 Å². The van der Waals surface area contributed by atoms with Crippen molar-refractivity contribution in [1.82, 2.24) is 9.97 Å². The quantitative estimate of drug-likeness (QED) is 0.716. The Kier molecular flexibility index (Phi) is 4.47. The third kappa shape index (κ3) is 3.22. The fraction of sp³-hybridized carbons (Fsp3) is 0.316. The largest absolute Gasteiger partial charge is 0.451 e. The van der Waals surface area contributed by atoms with E-state index in [2.05, 4.69) is 9.97 Å². The topological polar surface area (TPSA) is 72.0 Å². The molecule has 2 heterocycles. The highest BCUT2D eigenvalue weighted by Gasteiger charge is 2.19. The van der Waals surface area contributed by atoms with Crippen LogP contribution in [0.5, 0.6) is 0 Å². The van der Waals surface area contributed by atoms with E-state index in [4.69, 9.17) is 4.74 Å². The van der Waals surface area contributed by atoms with Gasteiger partial charge < -0.3 is 9.72 Å². The molecule has 1 unspecified atom stereocenters. The van der Waals surface area contributed by atoms with E-state index < -0.39 is 12.1 Å². The lowest BCUT2D eigenvalue weighted by atomic mass is 10.1. The molecule has 130 valence electrons. The maximum Gasteiger partial charge on any atom is 0.339 e. The second-order valence-corrected chi connectivity index (χ2v) is 7.48. The zero-order chi connectivity index (χ0) is 18.3. The van der Waals surface area contributed by atoms with E-state index in [9.17, 15) is 9.59 Å². The summed E-state index contributed by atoms with van der Waals surface area (Å²) in [5, 5.41) is 0.610. The summed E-state index contributed by atoms with van der Waals surface area (Å²) in [4.78, 5) is 33.7. The number of hydrogen-bond donors (Lipinski definition) is 1. The number of hydrogen-bond acceptors (Lipinski definition) is 5. The van der Waals surface area contributed by atoms with Gasteiger partial charge >= 0.3 is 5.97 Å². The molecule has 0 saturated carbocycles. The van der Waals surface area contributed by atoms with Crippen LogP contribution in [0.1, 0.15) is 50.8 Å². The van der Waals surface area contributed by atoms with Gasteiger partial charge in [0.05, 0.1) is 10.9 Å². The zero-order valence-electron chi connectivity index (χ0n) is 14.9. The monoisotopic (exact) mass is 356 g/mol. The Labute approximate surface area is 149 Å². The Morgan fingerprint density at radius 3 is 2.64 bits per heavy atom.